The van der Waals surface area contributed by atoms with Gasteiger partial charge in [-0.3, -0.25) is 0 Å². The summed E-state index contributed by atoms with van der Waals surface area (Å²) in [6.45, 7) is 0. The highest BCUT2D eigenvalue weighted by Crippen LogP contribution is 2.44. The molecular weight excluding hydrogens is 332 g/mol. The van der Waals surface area contributed by atoms with E-state index in [0.29, 0.717) is 29.4 Å². The second-order valence-corrected chi connectivity index (χ2v) is 5.77. The Labute approximate surface area is 153 Å². The van der Waals surface area contributed by atoms with Gasteiger partial charge in [-0.15, -0.1) is 0 Å². The summed E-state index contributed by atoms with van der Waals surface area (Å²) in [5, 5.41) is 10.6. The molecule has 136 valence electrons. The maximum absolute atomic E-state index is 10.6. The van der Waals surface area contributed by atoms with Crippen LogP contribution in [-0.2, 0) is 6.42 Å². The Kier molecular flexibility index (Phi) is 5.07. The molecule has 1 aliphatic rings. The molecule has 1 aliphatic carbocycles. The first-order valence-corrected chi connectivity index (χ1v) is 8.21. The zero-order valence-electron chi connectivity index (χ0n) is 15.3. The molecule has 26 heavy (non-hydrogen) atoms. The van der Waals surface area contributed by atoms with Crippen molar-refractivity contribution in [2.45, 2.75) is 6.42 Å². The molecule has 0 heterocycles. The second-order valence-electron chi connectivity index (χ2n) is 5.77. The Bertz CT molecular complexity index is 855. The lowest BCUT2D eigenvalue weighted by atomic mass is 9.92. The van der Waals surface area contributed by atoms with Gasteiger partial charge in [-0.2, -0.15) is 0 Å². The molecular formula is C21H22O5. The Morgan fingerprint density at radius 3 is 2.08 bits per heavy atom. The van der Waals surface area contributed by atoms with Gasteiger partial charge < -0.3 is 24.1 Å². The van der Waals surface area contributed by atoms with Crippen molar-refractivity contribution in [3.05, 3.63) is 59.2 Å². The van der Waals surface area contributed by atoms with Gasteiger partial charge in [0, 0.05) is 5.56 Å². The van der Waals surface area contributed by atoms with E-state index in [-0.39, 0.29) is 5.75 Å². The number of methoxy groups -OCH3 is 4. The van der Waals surface area contributed by atoms with Crippen LogP contribution in [0.1, 0.15) is 16.7 Å². The Morgan fingerprint density at radius 2 is 1.50 bits per heavy atom. The van der Waals surface area contributed by atoms with Gasteiger partial charge in [-0.05, 0) is 41.3 Å². The van der Waals surface area contributed by atoms with Crippen LogP contribution < -0.4 is 18.9 Å². The lowest BCUT2D eigenvalue weighted by Crippen LogP contribution is -1.99. The molecule has 5 heteroatoms. The van der Waals surface area contributed by atoms with Gasteiger partial charge in [0.15, 0.2) is 23.0 Å². The van der Waals surface area contributed by atoms with Gasteiger partial charge in [0.25, 0.3) is 0 Å². The van der Waals surface area contributed by atoms with Gasteiger partial charge in [0.05, 0.1) is 28.4 Å². The second kappa shape index (κ2) is 7.44. The molecule has 5 nitrogen and oxygen atoms in total. The Hall–Kier alpha value is -3.08. The van der Waals surface area contributed by atoms with Gasteiger partial charge in [0.1, 0.15) is 0 Å². The first kappa shape index (κ1) is 17.7. The summed E-state index contributed by atoms with van der Waals surface area (Å²) in [5.41, 5.74) is 3.60. The van der Waals surface area contributed by atoms with Crippen LogP contribution in [0.2, 0.25) is 0 Å². The average molecular weight is 354 g/mol. The van der Waals surface area contributed by atoms with Crippen molar-refractivity contribution >= 4 is 5.57 Å². The van der Waals surface area contributed by atoms with Crippen LogP contribution in [0.25, 0.3) is 5.57 Å². The molecule has 0 spiro atoms. The first-order valence-electron chi connectivity index (χ1n) is 8.21. The third-order valence-electron chi connectivity index (χ3n) is 4.45. The number of hydrogen-bond donors (Lipinski definition) is 1. The Balaban J connectivity index is 2.21. The normalized spacial score (nSPS) is 12.7. The van der Waals surface area contributed by atoms with Crippen LogP contribution in [-0.4, -0.2) is 33.5 Å². The number of fused-ring (bicyclic) bond motifs is 1. The number of aromatic hydroxyl groups is 1. The molecule has 0 aromatic heterocycles. The largest absolute Gasteiger partial charge is 0.504 e. The van der Waals surface area contributed by atoms with Gasteiger partial charge in [-0.1, -0.05) is 24.3 Å². The van der Waals surface area contributed by atoms with Crippen molar-refractivity contribution in [3.63, 3.8) is 0 Å². The van der Waals surface area contributed by atoms with E-state index in [4.69, 9.17) is 18.9 Å². The van der Waals surface area contributed by atoms with Crippen molar-refractivity contribution in [1.82, 2.24) is 0 Å². The molecule has 0 saturated carbocycles. The first-order chi connectivity index (χ1) is 12.6. The Morgan fingerprint density at radius 1 is 0.846 bits per heavy atom. The van der Waals surface area contributed by atoms with Crippen LogP contribution in [0.3, 0.4) is 0 Å². The van der Waals surface area contributed by atoms with Gasteiger partial charge in [-0.25, -0.2) is 0 Å². The van der Waals surface area contributed by atoms with E-state index < -0.39 is 0 Å². The van der Waals surface area contributed by atoms with E-state index >= 15 is 0 Å². The maximum atomic E-state index is 10.6. The van der Waals surface area contributed by atoms with E-state index in [9.17, 15) is 5.11 Å². The van der Waals surface area contributed by atoms with Crippen molar-refractivity contribution in [1.29, 1.82) is 0 Å². The lowest BCUT2D eigenvalue weighted by Gasteiger charge is -2.18. The number of hydrogen-bond acceptors (Lipinski definition) is 5. The number of ether oxygens (including phenoxy) is 4. The summed E-state index contributed by atoms with van der Waals surface area (Å²) in [6.07, 6.45) is 6.61. The van der Waals surface area contributed by atoms with E-state index in [2.05, 4.69) is 0 Å². The van der Waals surface area contributed by atoms with Crippen LogP contribution in [0.15, 0.2) is 42.5 Å². The molecule has 0 aliphatic heterocycles. The number of benzene rings is 2. The standard InChI is InChI=1S/C21H22O5/c1-23-17-10-9-15-14(7-5-6-8-16(15)20(17)22)13-11-18(24-2)21(26-4)19(12-13)25-3/h5-7,9-12,22H,8H2,1-4H3. The summed E-state index contributed by atoms with van der Waals surface area (Å²) < 4.78 is 21.6. The SMILES string of the molecule is COc1ccc2c(c1O)CC=CC=C2c1cc(OC)c(OC)c(OC)c1. The average Bonchev–Trinajstić information content (AvgIpc) is 2.90. The fraction of sp³-hybridized carbons (Fsp3) is 0.238. The molecule has 0 unspecified atom stereocenters. The smallest absolute Gasteiger partial charge is 0.203 e. The van der Waals surface area contributed by atoms with Gasteiger partial charge in [0.2, 0.25) is 5.75 Å². The summed E-state index contributed by atoms with van der Waals surface area (Å²) in [4.78, 5) is 0. The summed E-state index contributed by atoms with van der Waals surface area (Å²) in [6, 6.07) is 7.52. The number of phenolic OH excluding ortho intramolecular Hbond substituents is 1. The summed E-state index contributed by atoms with van der Waals surface area (Å²) in [7, 11) is 6.30. The molecule has 0 fully saturated rings. The molecule has 1 N–H and O–H groups in total. The minimum absolute atomic E-state index is 0.162. The lowest BCUT2D eigenvalue weighted by molar-refractivity contribution is 0.324. The highest BCUT2D eigenvalue weighted by Gasteiger charge is 2.20. The zero-order chi connectivity index (χ0) is 18.7. The molecule has 3 rings (SSSR count). The fourth-order valence-corrected chi connectivity index (χ4v) is 3.17. The number of phenols is 1. The minimum Gasteiger partial charge on any atom is -0.504 e. The van der Waals surface area contributed by atoms with Crippen molar-refractivity contribution in [2.75, 3.05) is 28.4 Å². The maximum Gasteiger partial charge on any atom is 0.203 e. The van der Waals surface area contributed by atoms with Crippen LogP contribution in [0.4, 0.5) is 0 Å². The topological polar surface area (TPSA) is 57.2 Å². The van der Waals surface area contributed by atoms with E-state index in [1.807, 2.05) is 36.4 Å². The monoisotopic (exact) mass is 354 g/mol. The highest BCUT2D eigenvalue weighted by molar-refractivity contribution is 5.86. The van der Waals surface area contributed by atoms with E-state index in [1.54, 1.807) is 34.5 Å². The molecule has 2 aromatic rings. The van der Waals surface area contributed by atoms with E-state index in [1.165, 1.54) is 0 Å². The van der Waals surface area contributed by atoms with Crippen LogP contribution >= 0.6 is 0 Å². The fourth-order valence-electron chi connectivity index (χ4n) is 3.17. The number of rotatable bonds is 5. The van der Waals surface area contributed by atoms with E-state index in [0.717, 1.165) is 22.3 Å². The van der Waals surface area contributed by atoms with Crippen molar-refractivity contribution < 1.29 is 24.1 Å². The van der Waals surface area contributed by atoms with Gasteiger partial charge >= 0.3 is 0 Å². The molecule has 0 atom stereocenters. The number of allylic oxidation sites excluding steroid dienone is 3. The molecule has 0 amide bonds. The highest BCUT2D eigenvalue weighted by atomic mass is 16.5. The summed E-state index contributed by atoms with van der Waals surface area (Å²) in [5.74, 6) is 2.32. The molecule has 0 radical (unpaired) electrons. The molecule has 2 aromatic carbocycles. The third kappa shape index (κ3) is 2.96. The zero-order valence-corrected chi connectivity index (χ0v) is 15.3. The predicted molar refractivity (Wildman–Crippen MR) is 101 cm³/mol. The van der Waals surface area contributed by atoms with Crippen molar-refractivity contribution in [2.24, 2.45) is 0 Å². The third-order valence-corrected chi connectivity index (χ3v) is 4.45. The van der Waals surface area contributed by atoms with Crippen LogP contribution in [0.5, 0.6) is 28.7 Å². The summed E-state index contributed by atoms with van der Waals surface area (Å²) >= 11 is 0. The van der Waals surface area contributed by atoms with Crippen molar-refractivity contribution in [3.8, 4) is 28.7 Å². The van der Waals surface area contributed by atoms with Crippen LogP contribution in [0, 0.1) is 0 Å². The molecule has 0 bridgehead atoms. The predicted octanol–water partition coefficient (Wildman–Crippen LogP) is 3.97. The minimum atomic E-state index is 0.162. The quantitative estimate of drug-likeness (QED) is 0.880. The molecule has 0 saturated heterocycles.